The average molecular weight is 373 g/mol. The Kier molecular flexibility index (Phi) is 5.28. The highest BCUT2D eigenvalue weighted by atomic mass is 16.2. The van der Waals surface area contributed by atoms with E-state index >= 15 is 0 Å². The van der Waals surface area contributed by atoms with E-state index in [1.54, 1.807) is 55.4 Å². The van der Waals surface area contributed by atoms with Crippen LogP contribution in [0.1, 0.15) is 30.1 Å². The van der Waals surface area contributed by atoms with E-state index in [1.165, 1.54) is 0 Å². The summed E-state index contributed by atoms with van der Waals surface area (Å²) < 4.78 is 0. The van der Waals surface area contributed by atoms with Crippen LogP contribution in [0.5, 0.6) is 0 Å². The molecule has 0 radical (unpaired) electrons. The van der Waals surface area contributed by atoms with Gasteiger partial charge in [0.2, 0.25) is 11.9 Å². The van der Waals surface area contributed by atoms with Gasteiger partial charge in [0.15, 0.2) is 5.82 Å². The highest BCUT2D eigenvalue weighted by molar-refractivity contribution is 5.92. The van der Waals surface area contributed by atoms with E-state index in [0.717, 1.165) is 24.1 Å². The number of nitrogens with zero attached hydrogens (tertiary/aromatic N) is 6. The molecule has 0 aromatic carbocycles. The van der Waals surface area contributed by atoms with Gasteiger partial charge in [0.1, 0.15) is 5.69 Å². The minimum Gasteiger partial charge on any atom is -0.330 e. The lowest BCUT2D eigenvalue weighted by Crippen LogP contribution is -2.30. The summed E-state index contributed by atoms with van der Waals surface area (Å²) in [5, 5.41) is 3.11. The number of likely N-dealkylation sites (tertiary alicyclic amines) is 1. The maximum Gasteiger partial charge on any atom is 0.247 e. The van der Waals surface area contributed by atoms with Crippen molar-refractivity contribution in [2.24, 2.45) is 0 Å². The largest absolute Gasteiger partial charge is 0.330 e. The molecule has 0 unspecified atom stereocenters. The van der Waals surface area contributed by atoms with Crippen LogP contribution in [-0.4, -0.2) is 42.3 Å². The third kappa shape index (κ3) is 4.01. The number of carbonyl (C=O) groups excluding carboxylic acids is 1. The number of rotatable bonds is 5. The van der Waals surface area contributed by atoms with E-state index in [4.69, 9.17) is 0 Å². The average Bonchev–Trinajstić information content (AvgIpc) is 3.24. The van der Waals surface area contributed by atoms with E-state index in [2.05, 4.69) is 30.2 Å². The van der Waals surface area contributed by atoms with Crippen molar-refractivity contribution in [3.8, 4) is 0 Å². The van der Waals surface area contributed by atoms with Gasteiger partial charge in [-0.2, -0.15) is 0 Å². The smallest absolute Gasteiger partial charge is 0.247 e. The highest BCUT2D eigenvalue weighted by Gasteiger charge is 2.32. The van der Waals surface area contributed by atoms with E-state index < -0.39 is 0 Å². The minimum atomic E-state index is -0.147. The van der Waals surface area contributed by atoms with Gasteiger partial charge in [-0.3, -0.25) is 14.8 Å². The van der Waals surface area contributed by atoms with Crippen molar-refractivity contribution in [2.75, 3.05) is 11.9 Å². The highest BCUT2D eigenvalue weighted by Crippen LogP contribution is 2.34. The van der Waals surface area contributed by atoms with Crippen molar-refractivity contribution in [1.29, 1.82) is 0 Å². The zero-order chi connectivity index (χ0) is 19.2. The molecular formula is C20H19N7O. The third-order valence-electron chi connectivity index (χ3n) is 4.48. The molecule has 4 heterocycles. The summed E-state index contributed by atoms with van der Waals surface area (Å²) in [6.45, 7) is 0.679. The fourth-order valence-corrected chi connectivity index (χ4v) is 3.21. The molecule has 1 N–H and O–H groups in total. The molecule has 0 spiro atoms. The van der Waals surface area contributed by atoms with E-state index in [0.29, 0.717) is 18.3 Å². The molecule has 1 aliphatic heterocycles. The molecule has 4 rings (SSSR count). The van der Waals surface area contributed by atoms with Gasteiger partial charge in [0.05, 0.1) is 6.04 Å². The zero-order valence-corrected chi connectivity index (χ0v) is 15.1. The summed E-state index contributed by atoms with van der Waals surface area (Å²) >= 11 is 0. The summed E-state index contributed by atoms with van der Waals surface area (Å²) in [6.07, 6.45) is 15.1. The van der Waals surface area contributed by atoms with Gasteiger partial charge in [-0.05, 0) is 36.6 Å². The molecule has 0 aliphatic carbocycles. The predicted octanol–water partition coefficient (Wildman–Crippen LogP) is 2.78. The number of pyridine rings is 1. The number of aromatic nitrogens is 5. The third-order valence-corrected chi connectivity index (χ3v) is 4.48. The Morgan fingerprint density at radius 1 is 1.07 bits per heavy atom. The number of hydrogen-bond acceptors (Lipinski definition) is 7. The van der Waals surface area contributed by atoms with Crippen LogP contribution in [0.15, 0.2) is 61.5 Å². The SMILES string of the molecule is O=C(/C=C/c1cccnc1)N1CCC[C@H]1c1nccnc1Nc1ncccn1. The first-order valence-electron chi connectivity index (χ1n) is 9.05. The number of amides is 1. The standard InChI is InChI=1S/C20H19N7O/c28-17(7-6-15-4-1-8-21-14-15)27-13-2-5-16(27)18-19(23-12-11-22-18)26-20-24-9-3-10-25-20/h1,3-4,6-12,14,16H,2,5,13H2,(H,23,24,25,26)/b7-6+/t16-/m0/s1. The van der Waals surface area contributed by atoms with Gasteiger partial charge < -0.3 is 10.2 Å². The van der Waals surface area contributed by atoms with Crippen molar-refractivity contribution in [1.82, 2.24) is 29.8 Å². The Hall–Kier alpha value is -3.68. The molecule has 1 aliphatic rings. The lowest BCUT2D eigenvalue weighted by Gasteiger charge is -2.24. The Morgan fingerprint density at radius 3 is 2.75 bits per heavy atom. The quantitative estimate of drug-likeness (QED) is 0.687. The van der Waals surface area contributed by atoms with Crippen LogP contribution in [0.3, 0.4) is 0 Å². The van der Waals surface area contributed by atoms with Gasteiger partial charge in [-0.15, -0.1) is 0 Å². The summed E-state index contributed by atoms with van der Waals surface area (Å²) in [4.78, 5) is 35.9. The molecule has 8 heteroatoms. The van der Waals surface area contributed by atoms with Crippen molar-refractivity contribution >= 4 is 23.7 Å². The monoisotopic (exact) mass is 373 g/mol. The molecule has 1 atom stereocenters. The first kappa shape index (κ1) is 17.7. The number of nitrogens with one attached hydrogen (secondary N) is 1. The second-order valence-electron chi connectivity index (χ2n) is 6.30. The van der Waals surface area contributed by atoms with Crippen molar-refractivity contribution in [3.05, 3.63) is 72.7 Å². The molecule has 140 valence electrons. The molecule has 1 fully saturated rings. The van der Waals surface area contributed by atoms with Crippen LogP contribution in [0.25, 0.3) is 6.08 Å². The van der Waals surface area contributed by atoms with Crippen molar-refractivity contribution < 1.29 is 4.79 Å². The lowest BCUT2D eigenvalue weighted by molar-refractivity contribution is -0.126. The maximum absolute atomic E-state index is 12.8. The van der Waals surface area contributed by atoms with E-state index in [1.807, 2.05) is 17.0 Å². The predicted molar refractivity (Wildman–Crippen MR) is 104 cm³/mol. The van der Waals surface area contributed by atoms with Crippen molar-refractivity contribution in [2.45, 2.75) is 18.9 Å². The van der Waals surface area contributed by atoms with Crippen LogP contribution in [0.2, 0.25) is 0 Å². The summed E-state index contributed by atoms with van der Waals surface area (Å²) in [7, 11) is 0. The van der Waals surface area contributed by atoms with E-state index in [-0.39, 0.29) is 11.9 Å². The summed E-state index contributed by atoms with van der Waals surface area (Å²) in [5.74, 6) is 0.949. The zero-order valence-electron chi connectivity index (χ0n) is 15.1. The first-order chi connectivity index (χ1) is 13.8. The van der Waals surface area contributed by atoms with Gasteiger partial charge in [0, 0.05) is 49.8 Å². The first-order valence-corrected chi connectivity index (χ1v) is 9.05. The second kappa shape index (κ2) is 8.34. The molecule has 0 saturated carbocycles. The molecular weight excluding hydrogens is 354 g/mol. The van der Waals surface area contributed by atoms with Crippen LogP contribution < -0.4 is 5.32 Å². The molecule has 1 saturated heterocycles. The molecule has 1 amide bonds. The normalized spacial score (nSPS) is 16.4. The summed E-state index contributed by atoms with van der Waals surface area (Å²) in [6, 6.07) is 5.34. The number of carbonyl (C=O) groups is 1. The van der Waals surface area contributed by atoms with Gasteiger partial charge in [-0.1, -0.05) is 6.07 Å². The maximum atomic E-state index is 12.8. The number of anilines is 2. The van der Waals surface area contributed by atoms with E-state index in [9.17, 15) is 4.79 Å². The fourth-order valence-electron chi connectivity index (χ4n) is 3.21. The van der Waals surface area contributed by atoms with Gasteiger partial charge in [-0.25, -0.2) is 15.0 Å². The molecule has 0 bridgehead atoms. The van der Waals surface area contributed by atoms with Crippen LogP contribution >= 0.6 is 0 Å². The summed E-state index contributed by atoms with van der Waals surface area (Å²) in [5.41, 5.74) is 1.60. The Bertz CT molecular complexity index is 963. The molecule has 3 aromatic rings. The number of hydrogen-bond donors (Lipinski definition) is 1. The second-order valence-corrected chi connectivity index (χ2v) is 6.30. The fraction of sp³-hybridized carbons (Fsp3) is 0.200. The van der Waals surface area contributed by atoms with Crippen LogP contribution in [-0.2, 0) is 4.79 Å². The minimum absolute atomic E-state index is 0.0566. The van der Waals surface area contributed by atoms with Crippen molar-refractivity contribution in [3.63, 3.8) is 0 Å². The van der Waals surface area contributed by atoms with Gasteiger partial charge in [0.25, 0.3) is 0 Å². The van der Waals surface area contributed by atoms with Gasteiger partial charge >= 0.3 is 0 Å². The molecule has 28 heavy (non-hydrogen) atoms. The lowest BCUT2D eigenvalue weighted by atomic mass is 10.1. The Morgan fingerprint density at radius 2 is 1.93 bits per heavy atom. The van der Waals surface area contributed by atoms with Crippen LogP contribution in [0, 0.1) is 0 Å². The van der Waals surface area contributed by atoms with Crippen LogP contribution in [0.4, 0.5) is 11.8 Å². The Balaban J connectivity index is 1.55. The topological polar surface area (TPSA) is 96.8 Å². The Labute approximate surface area is 162 Å². The molecule has 3 aromatic heterocycles. The molecule has 8 nitrogen and oxygen atoms in total.